The summed E-state index contributed by atoms with van der Waals surface area (Å²) >= 11 is 0. The lowest BCUT2D eigenvalue weighted by Crippen LogP contribution is -2.49. The minimum Gasteiger partial charge on any atom is -0.334 e. The van der Waals surface area contributed by atoms with Gasteiger partial charge in [0.25, 0.3) is 0 Å². The van der Waals surface area contributed by atoms with Crippen LogP contribution in [-0.4, -0.2) is 32.2 Å². The predicted octanol–water partition coefficient (Wildman–Crippen LogP) is 2.92. The molecule has 1 aliphatic heterocycles. The van der Waals surface area contributed by atoms with E-state index in [0.29, 0.717) is 6.54 Å². The number of amides is 2. The van der Waals surface area contributed by atoms with E-state index in [2.05, 4.69) is 27.5 Å². The molecule has 0 spiro atoms. The Kier molecular flexibility index (Phi) is 4.16. The van der Waals surface area contributed by atoms with Crippen molar-refractivity contribution in [2.45, 2.75) is 19.0 Å². The van der Waals surface area contributed by atoms with E-state index in [1.54, 1.807) is 17.1 Å². The van der Waals surface area contributed by atoms with Gasteiger partial charge >= 0.3 is 6.03 Å². The maximum atomic E-state index is 12.5. The Morgan fingerprint density at radius 1 is 1.16 bits per heavy atom. The molecule has 1 saturated heterocycles. The molecular weight excluding hydrogens is 314 g/mol. The molecular formula is C19H19N5O. The lowest BCUT2D eigenvalue weighted by atomic mass is 9.95. The Morgan fingerprint density at radius 3 is 2.76 bits per heavy atom. The molecule has 3 aromatic rings. The van der Waals surface area contributed by atoms with Gasteiger partial charge in [-0.25, -0.2) is 14.5 Å². The molecule has 2 amide bonds. The number of likely N-dealkylation sites (tertiary alicyclic amines) is 1. The highest BCUT2D eigenvalue weighted by molar-refractivity contribution is 5.75. The van der Waals surface area contributed by atoms with Crippen LogP contribution >= 0.6 is 0 Å². The molecule has 0 radical (unpaired) electrons. The third-order valence-corrected chi connectivity index (χ3v) is 4.46. The van der Waals surface area contributed by atoms with Gasteiger partial charge in [-0.1, -0.05) is 30.3 Å². The van der Waals surface area contributed by atoms with Crippen molar-refractivity contribution in [2.24, 2.45) is 0 Å². The zero-order valence-corrected chi connectivity index (χ0v) is 13.7. The lowest BCUT2D eigenvalue weighted by Gasteiger charge is -2.41. The molecule has 2 aromatic heterocycles. The second-order valence-electron chi connectivity index (χ2n) is 6.04. The number of carbonyl (C=O) groups excluding carboxylic acids is 1. The minimum atomic E-state index is -0.0300. The molecule has 1 aromatic carbocycles. The van der Waals surface area contributed by atoms with E-state index in [0.717, 1.165) is 24.3 Å². The number of carbonyl (C=O) groups is 1. The van der Waals surface area contributed by atoms with Crippen LogP contribution in [0.15, 0.2) is 67.1 Å². The number of aromatic nitrogens is 3. The van der Waals surface area contributed by atoms with E-state index in [4.69, 9.17) is 0 Å². The number of benzene rings is 1. The first kappa shape index (κ1) is 15.4. The average Bonchev–Trinajstić information content (AvgIpc) is 3.15. The molecule has 0 aliphatic carbocycles. The van der Waals surface area contributed by atoms with Gasteiger partial charge in [0, 0.05) is 31.7 Å². The Labute approximate surface area is 146 Å². The SMILES string of the molecule is O=C(NCc1ccnc(-n2cccn2)c1)N1CC[C@@H]1c1ccccc1. The predicted molar refractivity (Wildman–Crippen MR) is 94.1 cm³/mol. The largest absolute Gasteiger partial charge is 0.334 e. The first-order chi connectivity index (χ1) is 12.3. The first-order valence-electron chi connectivity index (χ1n) is 8.35. The third-order valence-electron chi connectivity index (χ3n) is 4.46. The van der Waals surface area contributed by atoms with Crippen LogP contribution in [0.25, 0.3) is 5.82 Å². The van der Waals surface area contributed by atoms with Crippen molar-refractivity contribution >= 4 is 6.03 Å². The van der Waals surface area contributed by atoms with Crippen molar-refractivity contribution in [2.75, 3.05) is 6.54 Å². The average molecular weight is 333 g/mol. The third kappa shape index (κ3) is 3.24. The van der Waals surface area contributed by atoms with E-state index in [1.807, 2.05) is 47.5 Å². The van der Waals surface area contributed by atoms with Crippen molar-refractivity contribution in [3.05, 3.63) is 78.2 Å². The Balaban J connectivity index is 1.39. The summed E-state index contributed by atoms with van der Waals surface area (Å²) in [5, 5.41) is 7.18. The summed E-state index contributed by atoms with van der Waals surface area (Å²) in [6.45, 7) is 1.26. The Morgan fingerprint density at radius 2 is 2.04 bits per heavy atom. The molecule has 1 N–H and O–H groups in total. The van der Waals surface area contributed by atoms with Crippen LogP contribution < -0.4 is 5.32 Å². The molecule has 1 atom stereocenters. The summed E-state index contributed by atoms with van der Waals surface area (Å²) < 4.78 is 1.70. The van der Waals surface area contributed by atoms with Gasteiger partial charge < -0.3 is 10.2 Å². The summed E-state index contributed by atoms with van der Waals surface area (Å²) in [7, 11) is 0. The van der Waals surface area contributed by atoms with Gasteiger partial charge in [0.05, 0.1) is 6.04 Å². The smallest absolute Gasteiger partial charge is 0.318 e. The van der Waals surface area contributed by atoms with Gasteiger partial charge in [-0.15, -0.1) is 0 Å². The van der Waals surface area contributed by atoms with E-state index >= 15 is 0 Å². The van der Waals surface area contributed by atoms with E-state index in [-0.39, 0.29) is 12.1 Å². The van der Waals surface area contributed by atoms with Crippen LogP contribution in [0.3, 0.4) is 0 Å². The van der Waals surface area contributed by atoms with Crippen molar-refractivity contribution < 1.29 is 4.79 Å². The summed E-state index contributed by atoms with van der Waals surface area (Å²) in [5.41, 5.74) is 2.18. The summed E-state index contributed by atoms with van der Waals surface area (Å²) in [6, 6.07) is 16.0. The van der Waals surface area contributed by atoms with Crippen molar-refractivity contribution in [1.82, 2.24) is 25.0 Å². The highest BCUT2D eigenvalue weighted by atomic mass is 16.2. The van der Waals surface area contributed by atoms with Crippen molar-refractivity contribution in [3.8, 4) is 5.82 Å². The second-order valence-corrected chi connectivity index (χ2v) is 6.04. The zero-order chi connectivity index (χ0) is 17.1. The fourth-order valence-electron chi connectivity index (χ4n) is 3.03. The molecule has 6 heteroatoms. The number of nitrogens with one attached hydrogen (secondary N) is 1. The van der Waals surface area contributed by atoms with E-state index < -0.39 is 0 Å². The highest BCUT2D eigenvalue weighted by Crippen LogP contribution is 2.32. The highest BCUT2D eigenvalue weighted by Gasteiger charge is 2.32. The zero-order valence-electron chi connectivity index (χ0n) is 13.7. The molecule has 3 heterocycles. The molecule has 0 unspecified atom stereocenters. The number of urea groups is 1. The minimum absolute atomic E-state index is 0.0300. The van der Waals surface area contributed by atoms with Gasteiger partial charge in [-0.05, 0) is 35.7 Å². The standard InChI is InChI=1S/C19H19N5O/c25-19(23-12-8-17(23)16-5-2-1-3-6-16)21-14-15-7-10-20-18(13-15)24-11-4-9-22-24/h1-7,9-11,13,17H,8,12,14H2,(H,21,25)/t17-/m1/s1. The maximum Gasteiger partial charge on any atom is 0.318 e. The topological polar surface area (TPSA) is 63.1 Å². The molecule has 6 nitrogen and oxygen atoms in total. The van der Waals surface area contributed by atoms with Crippen LogP contribution in [0.2, 0.25) is 0 Å². The Bertz CT molecular complexity index is 847. The van der Waals surface area contributed by atoms with Gasteiger partial charge in [0.2, 0.25) is 0 Å². The fraction of sp³-hybridized carbons (Fsp3) is 0.211. The quantitative estimate of drug-likeness (QED) is 0.798. The molecule has 0 saturated carbocycles. The van der Waals surface area contributed by atoms with Crippen molar-refractivity contribution in [3.63, 3.8) is 0 Å². The molecule has 126 valence electrons. The van der Waals surface area contributed by atoms with Crippen LogP contribution in [-0.2, 0) is 6.54 Å². The summed E-state index contributed by atoms with van der Waals surface area (Å²) in [4.78, 5) is 18.7. The number of rotatable bonds is 4. The van der Waals surface area contributed by atoms with Gasteiger partial charge in [-0.2, -0.15) is 5.10 Å². The van der Waals surface area contributed by atoms with Gasteiger partial charge in [0.15, 0.2) is 5.82 Å². The Hall–Kier alpha value is -3.15. The van der Waals surface area contributed by atoms with Crippen LogP contribution in [0.4, 0.5) is 4.79 Å². The number of hydrogen-bond acceptors (Lipinski definition) is 3. The van der Waals surface area contributed by atoms with E-state index in [1.165, 1.54) is 5.56 Å². The number of hydrogen-bond donors (Lipinski definition) is 1. The van der Waals surface area contributed by atoms with Gasteiger partial charge in [0.1, 0.15) is 0 Å². The van der Waals surface area contributed by atoms with Crippen molar-refractivity contribution in [1.29, 1.82) is 0 Å². The molecule has 1 aliphatic rings. The number of pyridine rings is 1. The first-order valence-corrected chi connectivity index (χ1v) is 8.35. The normalized spacial score (nSPS) is 16.3. The monoisotopic (exact) mass is 333 g/mol. The van der Waals surface area contributed by atoms with Crippen LogP contribution in [0.1, 0.15) is 23.6 Å². The second kappa shape index (κ2) is 6.76. The van der Waals surface area contributed by atoms with E-state index in [9.17, 15) is 4.79 Å². The number of nitrogens with zero attached hydrogens (tertiary/aromatic N) is 4. The van der Waals surface area contributed by atoms with Gasteiger partial charge in [-0.3, -0.25) is 0 Å². The fourth-order valence-corrected chi connectivity index (χ4v) is 3.03. The lowest BCUT2D eigenvalue weighted by molar-refractivity contribution is 0.115. The van der Waals surface area contributed by atoms with Crippen LogP contribution in [0.5, 0.6) is 0 Å². The molecule has 0 bridgehead atoms. The van der Waals surface area contributed by atoms with Crippen LogP contribution in [0, 0.1) is 0 Å². The maximum absolute atomic E-state index is 12.5. The molecule has 1 fully saturated rings. The molecule has 4 rings (SSSR count). The molecule has 25 heavy (non-hydrogen) atoms. The summed E-state index contributed by atoms with van der Waals surface area (Å²) in [5.74, 6) is 0.739. The summed E-state index contributed by atoms with van der Waals surface area (Å²) in [6.07, 6.45) is 6.30.